The van der Waals surface area contributed by atoms with Gasteiger partial charge in [0.05, 0.1) is 17.4 Å². The van der Waals surface area contributed by atoms with Crippen molar-refractivity contribution >= 4 is 52.9 Å². The van der Waals surface area contributed by atoms with Crippen LogP contribution in [0, 0.1) is 0 Å². The molecule has 0 aliphatic heterocycles. The highest BCUT2D eigenvalue weighted by Gasteiger charge is 2.11. The maximum Gasteiger partial charge on any atom is 0.191 e. The van der Waals surface area contributed by atoms with Crippen LogP contribution >= 0.6 is 46.9 Å². The molecule has 3 N–H and O–H groups in total. The van der Waals surface area contributed by atoms with E-state index in [0.717, 1.165) is 23.5 Å². The Bertz CT molecular complexity index is 900. The van der Waals surface area contributed by atoms with E-state index in [1.54, 1.807) is 12.3 Å². The largest absolute Gasteiger partial charge is 0.386 e. The molecule has 2 aromatic heterocycles. The fraction of sp³-hybridized carbons (Fsp3) is 0.300. The van der Waals surface area contributed by atoms with Gasteiger partial charge in [0.15, 0.2) is 5.96 Å². The maximum absolute atomic E-state index is 10.3. The number of nitrogens with one attached hydrogen (secondary N) is 2. The molecule has 9 heteroatoms. The predicted octanol–water partition coefficient (Wildman–Crippen LogP) is 4.05. The molecule has 1 unspecified atom stereocenters. The summed E-state index contributed by atoms with van der Waals surface area (Å²) in [5.74, 6) is 0.668. The number of guanidine groups is 1. The van der Waals surface area contributed by atoms with Gasteiger partial charge in [-0.1, -0.05) is 35.9 Å². The summed E-state index contributed by atoms with van der Waals surface area (Å²) < 4.78 is 2.57. The Labute approximate surface area is 197 Å². The van der Waals surface area contributed by atoms with E-state index in [9.17, 15) is 5.11 Å². The first-order valence-electron chi connectivity index (χ1n) is 9.14. The summed E-state index contributed by atoms with van der Waals surface area (Å²) in [6.45, 7) is 4.40. The molecule has 1 atom stereocenters. The lowest BCUT2D eigenvalue weighted by Gasteiger charge is -2.14. The summed E-state index contributed by atoms with van der Waals surface area (Å²) in [5.41, 5.74) is 2.30. The van der Waals surface area contributed by atoms with Crippen LogP contribution in [0.3, 0.4) is 0 Å². The van der Waals surface area contributed by atoms with Gasteiger partial charge in [-0.2, -0.15) is 5.10 Å². The van der Waals surface area contributed by atoms with Gasteiger partial charge in [0.25, 0.3) is 0 Å². The molecule has 2 heterocycles. The van der Waals surface area contributed by atoms with Gasteiger partial charge in [-0.15, -0.1) is 35.3 Å². The molecular weight excluding hydrogens is 521 g/mol. The molecule has 0 spiro atoms. The zero-order valence-corrected chi connectivity index (χ0v) is 20.0. The third-order valence-corrected chi connectivity index (χ3v) is 5.38. The average molecular weight is 546 g/mol. The van der Waals surface area contributed by atoms with Gasteiger partial charge in [0, 0.05) is 30.4 Å². The standard InChI is InChI=1S/C20H24ClN5OS.HI/c1-2-22-20(24-13-17(27)18-7-8-19(21)28-18)23-12-15-5-3-6-16(11-15)14-26-10-4-9-25-26;/h3-11,17,27H,2,12-14H2,1H3,(H2,22,23,24);1H. The third kappa shape index (κ3) is 7.61. The van der Waals surface area contributed by atoms with Gasteiger partial charge in [-0.3, -0.25) is 4.68 Å². The maximum atomic E-state index is 10.3. The van der Waals surface area contributed by atoms with Crippen LogP contribution in [0.2, 0.25) is 4.34 Å². The van der Waals surface area contributed by atoms with E-state index in [2.05, 4.69) is 38.9 Å². The molecule has 0 saturated carbocycles. The Balaban J connectivity index is 0.00000300. The van der Waals surface area contributed by atoms with Crippen molar-refractivity contribution in [1.82, 2.24) is 20.4 Å². The second-order valence-corrected chi connectivity index (χ2v) is 8.00. The van der Waals surface area contributed by atoms with Crippen molar-refractivity contribution in [2.75, 3.05) is 13.1 Å². The van der Waals surface area contributed by atoms with Gasteiger partial charge < -0.3 is 15.7 Å². The van der Waals surface area contributed by atoms with E-state index in [0.29, 0.717) is 23.4 Å². The van der Waals surface area contributed by atoms with Crippen LogP contribution in [0.1, 0.15) is 29.0 Å². The second-order valence-electron chi connectivity index (χ2n) is 6.26. The number of halogens is 2. The van der Waals surface area contributed by atoms with Crippen LogP contribution in [0.4, 0.5) is 0 Å². The minimum absolute atomic E-state index is 0. The summed E-state index contributed by atoms with van der Waals surface area (Å²) in [4.78, 5) is 5.46. The Morgan fingerprint density at radius 3 is 2.76 bits per heavy atom. The van der Waals surface area contributed by atoms with Crippen molar-refractivity contribution in [2.24, 2.45) is 4.99 Å². The average Bonchev–Trinajstić information content (AvgIpc) is 3.36. The van der Waals surface area contributed by atoms with Crippen LogP contribution in [0.25, 0.3) is 0 Å². The molecule has 0 aliphatic carbocycles. The normalized spacial score (nSPS) is 12.3. The smallest absolute Gasteiger partial charge is 0.191 e. The number of aliphatic hydroxyl groups is 1. The van der Waals surface area contributed by atoms with Crippen LogP contribution in [0.15, 0.2) is 59.9 Å². The molecule has 3 rings (SSSR count). The predicted molar refractivity (Wildman–Crippen MR) is 130 cm³/mol. The monoisotopic (exact) mass is 545 g/mol. The Hall–Kier alpha value is -1.62. The van der Waals surface area contributed by atoms with Crippen LogP contribution in [-0.2, 0) is 13.1 Å². The van der Waals surface area contributed by atoms with E-state index in [1.165, 1.54) is 16.9 Å². The number of aliphatic imine (C=N–C) groups is 1. The molecule has 0 aliphatic rings. The molecule has 156 valence electrons. The van der Waals surface area contributed by atoms with Gasteiger partial charge >= 0.3 is 0 Å². The highest BCUT2D eigenvalue weighted by Crippen LogP contribution is 2.26. The van der Waals surface area contributed by atoms with Gasteiger partial charge in [0.1, 0.15) is 6.10 Å². The molecule has 0 amide bonds. The van der Waals surface area contributed by atoms with Crippen LogP contribution < -0.4 is 10.6 Å². The lowest BCUT2D eigenvalue weighted by atomic mass is 10.1. The first kappa shape index (κ1) is 23.7. The topological polar surface area (TPSA) is 74.5 Å². The molecule has 3 aromatic rings. The molecule has 0 radical (unpaired) electrons. The Morgan fingerprint density at radius 2 is 2.07 bits per heavy atom. The number of aliphatic hydroxyl groups excluding tert-OH is 1. The van der Waals surface area contributed by atoms with E-state index in [1.807, 2.05) is 36.0 Å². The third-order valence-electron chi connectivity index (χ3n) is 4.04. The summed E-state index contributed by atoms with van der Waals surface area (Å²) in [6.07, 6.45) is 3.10. The van der Waals surface area contributed by atoms with Crippen molar-refractivity contribution in [3.8, 4) is 0 Å². The molecule has 1 aromatic carbocycles. The van der Waals surface area contributed by atoms with Crippen molar-refractivity contribution in [2.45, 2.75) is 26.1 Å². The van der Waals surface area contributed by atoms with Gasteiger partial charge in [0.2, 0.25) is 0 Å². The molecular formula is C20H25ClIN5OS. The summed E-state index contributed by atoms with van der Waals surface area (Å²) in [5, 5.41) is 20.9. The highest BCUT2D eigenvalue weighted by molar-refractivity contribution is 14.0. The molecule has 29 heavy (non-hydrogen) atoms. The van der Waals surface area contributed by atoms with Crippen LogP contribution in [-0.4, -0.2) is 33.9 Å². The second kappa shape index (κ2) is 12.2. The number of hydrogen-bond acceptors (Lipinski definition) is 4. The van der Waals surface area contributed by atoms with Gasteiger partial charge in [-0.05, 0) is 36.2 Å². The summed E-state index contributed by atoms with van der Waals surface area (Å²) in [7, 11) is 0. The van der Waals surface area contributed by atoms with Crippen LogP contribution in [0.5, 0.6) is 0 Å². The zero-order chi connectivity index (χ0) is 19.8. The molecule has 0 saturated heterocycles. The minimum atomic E-state index is -0.626. The summed E-state index contributed by atoms with van der Waals surface area (Å²) >= 11 is 7.32. The van der Waals surface area contributed by atoms with E-state index >= 15 is 0 Å². The first-order valence-corrected chi connectivity index (χ1v) is 10.3. The zero-order valence-electron chi connectivity index (χ0n) is 16.1. The first-order chi connectivity index (χ1) is 13.6. The molecule has 0 bridgehead atoms. The molecule has 0 fully saturated rings. The highest BCUT2D eigenvalue weighted by atomic mass is 127. The number of benzene rings is 1. The van der Waals surface area contributed by atoms with E-state index in [-0.39, 0.29) is 24.0 Å². The van der Waals surface area contributed by atoms with Crippen molar-refractivity contribution in [1.29, 1.82) is 0 Å². The SMILES string of the molecule is CCNC(=NCc1cccc(Cn2cccn2)c1)NCC(O)c1ccc(Cl)s1.I. The lowest BCUT2D eigenvalue weighted by Crippen LogP contribution is -2.39. The van der Waals surface area contributed by atoms with E-state index in [4.69, 9.17) is 11.6 Å². The minimum Gasteiger partial charge on any atom is -0.386 e. The fourth-order valence-electron chi connectivity index (χ4n) is 2.72. The number of hydrogen-bond donors (Lipinski definition) is 3. The quantitative estimate of drug-likeness (QED) is 0.227. The van der Waals surface area contributed by atoms with Crippen molar-refractivity contribution < 1.29 is 5.11 Å². The summed E-state index contributed by atoms with van der Waals surface area (Å²) in [6, 6.07) is 13.9. The van der Waals surface area contributed by atoms with E-state index < -0.39 is 6.10 Å². The molecule has 6 nitrogen and oxygen atoms in total. The number of rotatable bonds is 8. The van der Waals surface area contributed by atoms with Gasteiger partial charge in [-0.25, -0.2) is 4.99 Å². The van der Waals surface area contributed by atoms with Crippen molar-refractivity contribution in [3.63, 3.8) is 0 Å². The number of aromatic nitrogens is 2. The Kier molecular flexibility index (Phi) is 9.92. The van der Waals surface area contributed by atoms with Crippen molar-refractivity contribution in [3.05, 3.63) is 75.2 Å². The Morgan fingerprint density at radius 1 is 1.24 bits per heavy atom. The lowest BCUT2D eigenvalue weighted by molar-refractivity contribution is 0.184. The fourth-order valence-corrected chi connectivity index (χ4v) is 3.77. The number of thiophene rings is 1. The number of nitrogens with zero attached hydrogens (tertiary/aromatic N) is 3.